The number of hydrogen-bond acceptors (Lipinski definition) is 7. The number of aromatic nitrogens is 4. The second-order valence-corrected chi connectivity index (χ2v) is 8.85. The fourth-order valence-corrected chi connectivity index (χ4v) is 4.51. The monoisotopic (exact) mass is 468 g/mol. The van der Waals surface area contributed by atoms with Crippen LogP contribution in [0.1, 0.15) is 25.7 Å². The minimum Gasteiger partial charge on any atom is -0.441 e. The van der Waals surface area contributed by atoms with Crippen LogP contribution in [0.25, 0.3) is 11.3 Å². The van der Waals surface area contributed by atoms with E-state index in [9.17, 15) is 9.18 Å². The van der Waals surface area contributed by atoms with E-state index in [0.717, 1.165) is 32.2 Å². The van der Waals surface area contributed by atoms with E-state index >= 15 is 0 Å². The van der Waals surface area contributed by atoms with Gasteiger partial charge in [0.1, 0.15) is 17.2 Å². The summed E-state index contributed by atoms with van der Waals surface area (Å²) in [5.41, 5.74) is 0.436. The quantitative estimate of drug-likeness (QED) is 0.578. The van der Waals surface area contributed by atoms with Crippen LogP contribution in [-0.2, 0) is 4.74 Å². The summed E-state index contributed by atoms with van der Waals surface area (Å²) in [6.45, 7) is 1.20. The molecule has 1 aromatic carbocycles. The third-order valence-electron chi connectivity index (χ3n) is 6.27. The molecule has 3 aromatic rings. The Morgan fingerprint density at radius 3 is 2.58 bits per heavy atom. The molecular formula is C23H22ClFN6O2. The highest BCUT2D eigenvalue weighted by atomic mass is 35.5. The average Bonchev–Trinajstić information content (AvgIpc) is 3.15. The molecule has 10 heteroatoms. The average molecular weight is 469 g/mol. The molecule has 1 aliphatic carbocycles. The van der Waals surface area contributed by atoms with Crippen LogP contribution in [0.4, 0.5) is 20.8 Å². The molecular weight excluding hydrogens is 447 g/mol. The maximum Gasteiger partial charge on any atom is 0.416 e. The van der Waals surface area contributed by atoms with Gasteiger partial charge in [-0.05, 0) is 68.0 Å². The Labute approximate surface area is 195 Å². The first-order chi connectivity index (χ1) is 16.0. The molecule has 3 heterocycles. The predicted molar refractivity (Wildman–Crippen MR) is 121 cm³/mol. The Hall–Kier alpha value is -3.33. The summed E-state index contributed by atoms with van der Waals surface area (Å²) in [5, 5.41) is 19.7. The van der Waals surface area contributed by atoms with Crippen molar-refractivity contribution in [2.45, 2.75) is 31.3 Å². The van der Waals surface area contributed by atoms with E-state index in [1.54, 1.807) is 36.4 Å². The van der Waals surface area contributed by atoms with Gasteiger partial charge in [0.25, 0.3) is 0 Å². The highest BCUT2D eigenvalue weighted by Gasteiger charge is 2.48. The lowest BCUT2D eigenvalue weighted by Crippen LogP contribution is -2.39. The number of carbonyl (C=O) groups is 1. The SMILES string of the molecule is O=C1OC2(CCC(CNc3ccc(-c4ccccc4F)nn3)CC2)CN1c1ccc(Cl)nn1. The highest BCUT2D eigenvalue weighted by Crippen LogP contribution is 2.40. The molecule has 0 atom stereocenters. The topological polar surface area (TPSA) is 93.1 Å². The van der Waals surface area contributed by atoms with Crippen molar-refractivity contribution < 1.29 is 13.9 Å². The zero-order valence-corrected chi connectivity index (χ0v) is 18.5. The fraction of sp³-hybridized carbons (Fsp3) is 0.348. The van der Waals surface area contributed by atoms with Gasteiger partial charge in [0.2, 0.25) is 0 Å². The van der Waals surface area contributed by atoms with Crippen LogP contribution in [0.15, 0.2) is 48.5 Å². The van der Waals surface area contributed by atoms with E-state index in [1.165, 1.54) is 11.0 Å². The predicted octanol–water partition coefficient (Wildman–Crippen LogP) is 4.72. The lowest BCUT2D eigenvalue weighted by Gasteiger charge is -2.35. The molecule has 1 N–H and O–H groups in total. The second-order valence-electron chi connectivity index (χ2n) is 8.46. The number of nitrogens with zero attached hydrogens (tertiary/aromatic N) is 5. The molecule has 2 fully saturated rings. The molecule has 0 radical (unpaired) electrons. The Morgan fingerprint density at radius 2 is 1.88 bits per heavy atom. The highest BCUT2D eigenvalue weighted by molar-refractivity contribution is 6.29. The standard InChI is InChI=1S/C23H22ClFN6O2/c24-19-6-8-21(30-28-19)31-14-23(33-22(31)32)11-9-15(10-12-23)13-26-20-7-5-18(27-29-20)16-3-1-2-4-17(16)25/h1-8,15H,9-14H2,(H,26,29). The Bertz CT molecular complexity index is 1140. The molecule has 1 aliphatic heterocycles. The number of nitrogens with one attached hydrogen (secondary N) is 1. The van der Waals surface area contributed by atoms with E-state index in [1.807, 2.05) is 6.07 Å². The molecule has 1 saturated carbocycles. The number of anilines is 2. The van der Waals surface area contributed by atoms with Crippen molar-refractivity contribution in [1.29, 1.82) is 0 Å². The van der Waals surface area contributed by atoms with Gasteiger partial charge >= 0.3 is 6.09 Å². The summed E-state index contributed by atoms with van der Waals surface area (Å²) in [4.78, 5) is 14.0. The van der Waals surface area contributed by atoms with Gasteiger partial charge in [0.15, 0.2) is 11.0 Å². The molecule has 0 bridgehead atoms. The zero-order chi connectivity index (χ0) is 22.8. The van der Waals surface area contributed by atoms with Crippen LogP contribution in [0.5, 0.6) is 0 Å². The van der Waals surface area contributed by atoms with Gasteiger partial charge in [-0.1, -0.05) is 23.7 Å². The normalized spacial score (nSPS) is 22.4. The summed E-state index contributed by atoms with van der Waals surface area (Å²) in [6, 6.07) is 13.3. The molecule has 5 rings (SSSR count). The van der Waals surface area contributed by atoms with Gasteiger partial charge in [-0.3, -0.25) is 4.90 Å². The minimum atomic E-state index is -0.490. The molecule has 1 saturated heterocycles. The van der Waals surface area contributed by atoms with Crippen LogP contribution in [0.3, 0.4) is 0 Å². The smallest absolute Gasteiger partial charge is 0.416 e. The summed E-state index contributed by atoms with van der Waals surface area (Å²) < 4.78 is 19.7. The van der Waals surface area contributed by atoms with Gasteiger partial charge in [-0.2, -0.15) is 0 Å². The van der Waals surface area contributed by atoms with Crippen molar-refractivity contribution in [2.24, 2.45) is 5.92 Å². The van der Waals surface area contributed by atoms with Crippen molar-refractivity contribution >= 4 is 29.3 Å². The number of ether oxygens (including phenoxy) is 1. The van der Waals surface area contributed by atoms with Crippen LogP contribution in [0.2, 0.25) is 5.15 Å². The molecule has 170 valence electrons. The fourth-order valence-electron chi connectivity index (χ4n) is 4.41. The van der Waals surface area contributed by atoms with Crippen molar-refractivity contribution in [1.82, 2.24) is 20.4 Å². The van der Waals surface area contributed by atoms with Gasteiger partial charge < -0.3 is 10.1 Å². The zero-order valence-electron chi connectivity index (χ0n) is 17.7. The Morgan fingerprint density at radius 1 is 1.06 bits per heavy atom. The van der Waals surface area contributed by atoms with Gasteiger partial charge in [-0.25, -0.2) is 9.18 Å². The summed E-state index contributed by atoms with van der Waals surface area (Å²) >= 11 is 5.79. The third kappa shape index (κ3) is 4.59. The summed E-state index contributed by atoms with van der Waals surface area (Å²) in [5.74, 6) is 1.20. The first kappa shape index (κ1) is 21.5. The van der Waals surface area contributed by atoms with E-state index in [0.29, 0.717) is 35.4 Å². The first-order valence-corrected chi connectivity index (χ1v) is 11.2. The van der Waals surface area contributed by atoms with E-state index < -0.39 is 11.7 Å². The number of carbonyl (C=O) groups excluding carboxylic acids is 1. The molecule has 0 unspecified atom stereocenters. The summed E-state index contributed by atoms with van der Waals surface area (Å²) in [6.07, 6.45) is 3.00. The van der Waals surface area contributed by atoms with Crippen LogP contribution < -0.4 is 10.2 Å². The van der Waals surface area contributed by atoms with Crippen LogP contribution >= 0.6 is 11.6 Å². The van der Waals surface area contributed by atoms with Gasteiger partial charge in [-0.15, -0.1) is 20.4 Å². The number of halogens is 2. The van der Waals surface area contributed by atoms with Crippen molar-refractivity contribution in [3.8, 4) is 11.3 Å². The minimum absolute atomic E-state index is 0.278. The molecule has 2 aromatic heterocycles. The van der Waals surface area contributed by atoms with E-state index in [2.05, 4.69) is 25.7 Å². The summed E-state index contributed by atoms with van der Waals surface area (Å²) in [7, 11) is 0. The Balaban J connectivity index is 1.14. The second kappa shape index (κ2) is 8.90. The largest absolute Gasteiger partial charge is 0.441 e. The van der Waals surface area contributed by atoms with Gasteiger partial charge in [0, 0.05) is 12.1 Å². The lowest BCUT2D eigenvalue weighted by molar-refractivity contribution is 0.0148. The maximum atomic E-state index is 13.9. The molecule has 8 nitrogen and oxygen atoms in total. The molecule has 1 amide bonds. The number of hydrogen-bond donors (Lipinski definition) is 1. The van der Waals surface area contributed by atoms with Crippen molar-refractivity contribution in [2.75, 3.05) is 23.3 Å². The Kier molecular flexibility index (Phi) is 5.80. The lowest BCUT2D eigenvalue weighted by atomic mass is 9.78. The number of rotatable bonds is 5. The maximum absolute atomic E-state index is 13.9. The van der Waals surface area contributed by atoms with E-state index in [-0.39, 0.29) is 11.0 Å². The van der Waals surface area contributed by atoms with Crippen molar-refractivity contribution in [3.63, 3.8) is 0 Å². The van der Waals surface area contributed by atoms with Crippen molar-refractivity contribution in [3.05, 3.63) is 59.5 Å². The molecule has 33 heavy (non-hydrogen) atoms. The van der Waals surface area contributed by atoms with Crippen LogP contribution in [-0.4, -0.2) is 45.2 Å². The number of benzene rings is 1. The van der Waals surface area contributed by atoms with E-state index in [4.69, 9.17) is 16.3 Å². The van der Waals surface area contributed by atoms with Crippen LogP contribution in [0, 0.1) is 11.7 Å². The van der Waals surface area contributed by atoms with Gasteiger partial charge in [0.05, 0.1) is 12.2 Å². The first-order valence-electron chi connectivity index (χ1n) is 10.8. The molecule has 1 spiro atoms. The third-order valence-corrected chi connectivity index (χ3v) is 6.47. The number of amides is 1. The molecule has 2 aliphatic rings.